The van der Waals surface area contributed by atoms with E-state index in [0.717, 1.165) is 17.6 Å². The van der Waals surface area contributed by atoms with Crippen molar-refractivity contribution in [2.75, 3.05) is 26.2 Å². The van der Waals surface area contributed by atoms with Gasteiger partial charge < -0.3 is 14.2 Å². The van der Waals surface area contributed by atoms with E-state index in [2.05, 4.69) is 29.8 Å². The molecule has 1 atom stereocenters. The highest BCUT2D eigenvalue weighted by atomic mass is 79.9. The Kier molecular flexibility index (Phi) is 5.75. The predicted octanol–water partition coefficient (Wildman–Crippen LogP) is 3.16. The van der Waals surface area contributed by atoms with Crippen molar-refractivity contribution in [3.05, 3.63) is 79.9 Å². The number of nitrogens with zero attached hydrogens (tertiary/aromatic N) is 1. The SMILES string of the molecule is CC[NH+](CC)CCN1C(=O)c2oc3ccc(Br)cc3c(=O)c2C1c1ccccc1F. The van der Waals surface area contributed by atoms with E-state index in [1.807, 2.05) is 0 Å². The van der Waals surface area contributed by atoms with Crippen LogP contribution in [0.25, 0.3) is 11.0 Å². The standard InChI is InChI=1S/C23H22BrFN2O3/c1-3-26(4-2)11-12-27-20(15-7-5-6-8-17(15)25)19-21(28)16-13-14(24)9-10-18(16)30-22(19)23(27)29/h5-10,13,20H,3-4,11-12H2,1-2H3/p+1. The van der Waals surface area contributed by atoms with Crippen molar-refractivity contribution in [1.82, 2.24) is 4.90 Å². The van der Waals surface area contributed by atoms with Crippen molar-refractivity contribution in [2.45, 2.75) is 19.9 Å². The molecule has 0 saturated carbocycles. The van der Waals surface area contributed by atoms with Crippen LogP contribution in [0, 0.1) is 5.82 Å². The van der Waals surface area contributed by atoms with Gasteiger partial charge in [-0.1, -0.05) is 34.1 Å². The fourth-order valence-corrected chi connectivity index (χ4v) is 4.49. The first kappa shape index (κ1) is 20.8. The molecular formula is C23H23BrFN2O3+. The highest BCUT2D eigenvalue weighted by Gasteiger charge is 2.43. The summed E-state index contributed by atoms with van der Waals surface area (Å²) in [5, 5.41) is 0.369. The lowest BCUT2D eigenvalue weighted by atomic mass is 9.98. The minimum absolute atomic E-state index is 0.0117. The molecule has 1 N–H and O–H groups in total. The molecule has 1 aliphatic rings. The molecule has 156 valence electrons. The van der Waals surface area contributed by atoms with Gasteiger partial charge in [-0.15, -0.1) is 0 Å². The summed E-state index contributed by atoms with van der Waals surface area (Å²) in [5.41, 5.74) is 0.566. The molecule has 3 aromatic rings. The van der Waals surface area contributed by atoms with Gasteiger partial charge in [0.2, 0.25) is 5.76 Å². The molecule has 0 spiro atoms. The number of carbonyl (C=O) groups excluding carboxylic acids is 1. The van der Waals surface area contributed by atoms with Crippen LogP contribution in [0.5, 0.6) is 0 Å². The molecule has 7 heteroatoms. The maximum atomic E-state index is 14.8. The lowest BCUT2D eigenvalue weighted by Crippen LogP contribution is -3.12. The normalized spacial score (nSPS) is 16.0. The number of amides is 1. The molecule has 2 aromatic carbocycles. The highest BCUT2D eigenvalue weighted by molar-refractivity contribution is 9.10. The maximum Gasteiger partial charge on any atom is 0.291 e. The number of quaternary nitrogens is 1. The largest absolute Gasteiger partial charge is 0.450 e. The van der Waals surface area contributed by atoms with Gasteiger partial charge in [-0.05, 0) is 38.1 Å². The van der Waals surface area contributed by atoms with E-state index in [9.17, 15) is 14.0 Å². The van der Waals surface area contributed by atoms with Crippen molar-refractivity contribution in [3.63, 3.8) is 0 Å². The van der Waals surface area contributed by atoms with E-state index in [1.165, 1.54) is 11.0 Å². The number of benzene rings is 2. The van der Waals surface area contributed by atoms with Crippen molar-refractivity contribution in [3.8, 4) is 0 Å². The molecule has 0 aliphatic carbocycles. The zero-order valence-electron chi connectivity index (χ0n) is 16.9. The van der Waals surface area contributed by atoms with E-state index >= 15 is 0 Å². The summed E-state index contributed by atoms with van der Waals surface area (Å²) >= 11 is 3.38. The minimum atomic E-state index is -0.803. The number of hydrogen-bond acceptors (Lipinski definition) is 3. The number of nitrogens with one attached hydrogen (secondary N) is 1. The summed E-state index contributed by atoms with van der Waals surface area (Å²) < 4.78 is 21.4. The molecule has 1 amide bonds. The number of hydrogen-bond donors (Lipinski definition) is 1. The minimum Gasteiger partial charge on any atom is -0.450 e. The highest BCUT2D eigenvalue weighted by Crippen LogP contribution is 2.38. The number of fused-ring (bicyclic) bond motifs is 2. The Morgan fingerprint density at radius 2 is 1.87 bits per heavy atom. The number of halogens is 2. The molecule has 1 aliphatic heterocycles. The molecule has 5 nitrogen and oxygen atoms in total. The van der Waals surface area contributed by atoms with E-state index < -0.39 is 11.9 Å². The number of carbonyl (C=O) groups is 1. The third-order valence-electron chi connectivity index (χ3n) is 5.83. The Balaban J connectivity index is 1.90. The van der Waals surface area contributed by atoms with Crippen LogP contribution in [-0.4, -0.2) is 37.0 Å². The quantitative estimate of drug-likeness (QED) is 0.598. The number of likely N-dealkylation sites (N-methyl/N-ethyl adjacent to an activating group) is 1. The number of rotatable bonds is 6. The van der Waals surface area contributed by atoms with Gasteiger partial charge in [0.15, 0.2) is 5.43 Å². The Bertz CT molecular complexity index is 1170. The first-order chi connectivity index (χ1) is 14.5. The fraction of sp³-hybridized carbons (Fsp3) is 0.304. The van der Waals surface area contributed by atoms with Crippen LogP contribution in [0.15, 0.2) is 56.1 Å². The molecule has 2 heterocycles. The average molecular weight is 474 g/mol. The summed E-state index contributed by atoms with van der Waals surface area (Å²) in [6.45, 7) is 7.12. The molecule has 1 unspecified atom stereocenters. The zero-order chi connectivity index (χ0) is 21.4. The maximum absolute atomic E-state index is 14.8. The molecular weight excluding hydrogens is 451 g/mol. The van der Waals surface area contributed by atoms with Crippen molar-refractivity contribution < 1.29 is 18.5 Å². The second kappa shape index (κ2) is 8.32. The first-order valence-electron chi connectivity index (χ1n) is 10.1. The van der Waals surface area contributed by atoms with Gasteiger partial charge in [0.1, 0.15) is 11.4 Å². The van der Waals surface area contributed by atoms with Gasteiger partial charge in [-0.3, -0.25) is 9.59 Å². The van der Waals surface area contributed by atoms with E-state index in [0.29, 0.717) is 29.6 Å². The summed E-state index contributed by atoms with van der Waals surface area (Å²) in [4.78, 5) is 29.6. The lowest BCUT2D eigenvalue weighted by Gasteiger charge is -2.27. The van der Waals surface area contributed by atoms with Crippen LogP contribution in [0.1, 0.15) is 41.6 Å². The summed E-state index contributed by atoms with van der Waals surface area (Å²) in [5.74, 6) is -0.804. The molecule has 0 bridgehead atoms. The molecule has 30 heavy (non-hydrogen) atoms. The van der Waals surface area contributed by atoms with E-state index in [4.69, 9.17) is 4.42 Å². The molecule has 0 fully saturated rings. The monoisotopic (exact) mass is 473 g/mol. The average Bonchev–Trinajstić information content (AvgIpc) is 3.02. The lowest BCUT2D eigenvalue weighted by molar-refractivity contribution is -0.895. The Morgan fingerprint density at radius 1 is 1.13 bits per heavy atom. The second-order valence-electron chi connectivity index (χ2n) is 7.44. The van der Waals surface area contributed by atoms with Gasteiger partial charge >= 0.3 is 0 Å². The summed E-state index contributed by atoms with van der Waals surface area (Å²) in [6.07, 6.45) is 0. The van der Waals surface area contributed by atoms with Gasteiger partial charge in [0.05, 0.1) is 43.2 Å². The first-order valence-corrected chi connectivity index (χ1v) is 10.9. The molecule has 0 saturated heterocycles. The van der Waals surface area contributed by atoms with Crippen LogP contribution in [0.2, 0.25) is 0 Å². The van der Waals surface area contributed by atoms with Gasteiger partial charge in [0.25, 0.3) is 5.91 Å². The van der Waals surface area contributed by atoms with Crippen molar-refractivity contribution >= 4 is 32.8 Å². The van der Waals surface area contributed by atoms with Crippen LogP contribution < -0.4 is 10.3 Å². The van der Waals surface area contributed by atoms with Crippen LogP contribution in [-0.2, 0) is 0 Å². The van der Waals surface area contributed by atoms with Crippen molar-refractivity contribution in [1.29, 1.82) is 0 Å². The van der Waals surface area contributed by atoms with Crippen LogP contribution >= 0.6 is 15.9 Å². The predicted molar refractivity (Wildman–Crippen MR) is 116 cm³/mol. The topological polar surface area (TPSA) is 55.0 Å². The molecule has 1 aromatic heterocycles. The zero-order valence-corrected chi connectivity index (χ0v) is 18.5. The van der Waals surface area contributed by atoms with Gasteiger partial charge in [0, 0.05) is 10.0 Å². The summed E-state index contributed by atoms with van der Waals surface area (Å²) in [7, 11) is 0. The van der Waals surface area contributed by atoms with Crippen LogP contribution in [0.3, 0.4) is 0 Å². The van der Waals surface area contributed by atoms with E-state index in [-0.39, 0.29) is 22.7 Å². The fourth-order valence-electron chi connectivity index (χ4n) is 4.13. The molecule has 4 rings (SSSR count). The smallest absolute Gasteiger partial charge is 0.291 e. The summed E-state index contributed by atoms with van der Waals surface area (Å²) in [6, 6.07) is 10.6. The van der Waals surface area contributed by atoms with Gasteiger partial charge in [-0.25, -0.2) is 4.39 Å². The van der Waals surface area contributed by atoms with E-state index in [1.54, 1.807) is 41.3 Å². The van der Waals surface area contributed by atoms with Gasteiger partial charge in [-0.2, -0.15) is 0 Å². The van der Waals surface area contributed by atoms with Crippen molar-refractivity contribution in [2.24, 2.45) is 0 Å². The third kappa shape index (κ3) is 3.46. The third-order valence-corrected chi connectivity index (χ3v) is 6.33. The Hall–Kier alpha value is -2.51. The Labute approximate surface area is 182 Å². The molecule has 0 radical (unpaired) electrons. The Morgan fingerprint density at radius 3 is 2.57 bits per heavy atom. The second-order valence-corrected chi connectivity index (χ2v) is 8.36. The van der Waals surface area contributed by atoms with Crippen LogP contribution in [0.4, 0.5) is 4.39 Å².